The van der Waals surface area contributed by atoms with Crippen LogP contribution in [0.2, 0.25) is 0 Å². The van der Waals surface area contributed by atoms with Crippen LogP contribution in [0.15, 0.2) is 60.7 Å². The first-order valence-electron chi connectivity index (χ1n) is 9.88. The normalized spacial score (nSPS) is 12.1. The van der Waals surface area contributed by atoms with E-state index in [4.69, 9.17) is 0 Å². The maximum absolute atomic E-state index is 13.2. The van der Waals surface area contributed by atoms with Crippen LogP contribution in [0.4, 0.5) is 5.69 Å². The van der Waals surface area contributed by atoms with Crippen LogP contribution in [0.25, 0.3) is 0 Å². The maximum atomic E-state index is 13.2. The maximum Gasteiger partial charge on any atom is 0.244 e. The standard InChI is InChI=1S/C22H29N3O4S/c1-4-15-23-22(27)18(2)24(16-19-11-7-5-8-12-19)21(26)17-25(30(3,28)29)20-13-9-6-10-14-20/h5-14,18H,4,15-17H2,1-3H3,(H,23,27). The Hall–Kier alpha value is -2.87. The summed E-state index contributed by atoms with van der Waals surface area (Å²) in [7, 11) is -3.69. The lowest BCUT2D eigenvalue weighted by molar-refractivity contribution is -0.139. The van der Waals surface area contributed by atoms with Crippen LogP contribution in [-0.2, 0) is 26.2 Å². The molecule has 30 heavy (non-hydrogen) atoms. The second kappa shape index (κ2) is 10.8. The number of para-hydroxylation sites is 1. The van der Waals surface area contributed by atoms with Gasteiger partial charge in [-0.3, -0.25) is 13.9 Å². The lowest BCUT2D eigenvalue weighted by atomic mass is 10.1. The van der Waals surface area contributed by atoms with Crippen LogP contribution in [0, 0.1) is 0 Å². The molecular formula is C22H29N3O4S. The smallest absolute Gasteiger partial charge is 0.244 e. The average molecular weight is 432 g/mol. The summed E-state index contributed by atoms with van der Waals surface area (Å²) in [5.74, 6) is -0.723. The molecule has 2 amide bonds. The molecule has 1 N–H and O–H groups in total. The van der Waals surface area contributed by atoms with Crippen molar-refractivity contribution < 1.29 is 18.0 Å². The SMILES string of the molecule is CCCNC(=O)C(C)N(Cc1ccccc1)C(=O)CN(c1ccccc1)S(C)(=O)=O. The van der Waals surface area contributed by atoms with Gasteiger partial charge in [-0.1, -0.05) is 55.5 Å². The number of nitrogens with zero attached hydrogens (tertiary/aromatic N) is 2. The number of hydrogen-bond acceptors (Lipinski definition) is 4. The Morgan fingerprint density at radius 1 is 1.00 bits per heavy atom. The number of anilines is 1. The summed E-state index contributed by atoms with van der Waals surface area (Å²) in [6.07, 6.45) is 1.84. The van der Waals surface area contributed by atoms with Gasteiger partial charge in [-0.25, -0.2) is 8.42 Å². The van der Waals surface area contributed by atoms with E-state index in [1.165, 1.54) is 4.90 Å². The molecule has 162 valence electrons. The molecule has 1 unspecified atom stereocenters. The minimum absolute atomic E-state index is 0.201. The summed E-state index contributed by atoms with van der Waals surface area (Å²) < 4.78 is 25.8. The Bertz CT molecular complexity index is 933. The summed E-state index contributed by atoms with van der Waals surface area (Å²) in [6.45, 7) is 3.92. The van der Waals surface area contributed by atoms with Gasteiger partial charge in [-0.2, -0.15) is 0 Å². The lowest BCUT2D eigenvalue weighted by Gasteiger charge is -2.31. The molecule has 0 aliphatic carbocycles. The fourth-order valence-electron chi connectivity index (χ4n) is 2.97. The highest BCUT2D eigenvalue weighted by atomic mass is 32.2. The van der Waals surface area contributed by atoms with Gasteiger partial charge in [-0.05, 0) is 31.0 Å². The van der Waals surface area contributed by atoms with Crippen molar-refractivity contribution in [2.75, 3.05) is 23.7 Å². The van der Waals surface area contributed by atoms with Crippen molar-refractivity contribution in [2.24, 2.45) is 0 Å². The highest BCUT2D eigenvalue weighted by Gasteiger charge is 2.29. The van der Waals surface area contributed by atoms with Gasteiger partial charge < -0.3 is 10.2 Å². The number of nitrogens with one attached hydrogen (secondary N) is 1. The second-order valence-corrected chi connectivity index (χ2v) is 8.99. The van der Waals surface area contributed by atoms with E-state index in [1.54, 1.807) is 37.3 Å². The van der Waals surface area contributed by atoms with Crippen LogP contribution in [0.3, 0.4) is 0 Å². The van der Waals surface area contributed by atoms with Crippen molar-refractivity contribution in [1.82, 2.24) is 10.2 Å². The largest absolute Gasteiger partial charge is 0.354 e. The first-order valence-corrected chi connectivity index (χ1v) is 11.7. The van der Waals surface area contributed by atoms with E-state index in [0.29, 0.717) is 12.2 Å². The molecule has 0 radical (unpaired) electrons. The predicted molar refractivity (Wildman–Crippen MR) is 118 cm³/mol. The van der Waals surface area contributed by atoms with Crippen LogP contribution in [0.1, 0.15) is 25.8 Å². The number of amides is 2. The summed E-state index contributed by atoms with van der Waals surface area (Å²) in [5, 5.41) is 2.80. The van der Waals surface area contributed by atoms with Gasteiger partial charge in [0.05, 0.1) is 11.9 Å². The number of carbonyl (C=O) groups excluding carboxylic acids is 2. The van der Waals surface area contributed by atoms with Crippen molar-refractivity contribution in [1.29, 1.82) is 0 Å². The summed E-state index contributed by atoms with van der Waals surface area (Å²) in [6, 6.07) is 17.0. The summed E-state index contributed by atoms with van der Waals surface area (Å²) in [4.78, 5) is 27.2. The topological polar surface area (TPSA) is 86.8 Å². The number of carbonyl (C=O) groups is 2. The molecule has 7 nitrogen and oxygen atoms in total. The molecule has 8 heteroatoms. The van der Waals surface area contributed by atoms with Crippen LogP contribution in [-0.4, -0.2) is 50.5 Å². The fourth-order valence-corrected chi connectivity index (χ4v) is 3.82. The number of benzene rings is 2. The van der Waals surface area contributed by atoms with Gasteiger partial charge in [0.15, 0.2) is 0 Å². The molecule has 0 spiro atoms. The first kappa shape index (κ1) is 23.4. The van der Waals surface area contributed by atoms with Gasteiger partial charge in [-0.15, -0.1) is 0 Å². The van der Waals surface area contributed by atoms with E-state index in [1.807, 2.05) is 37.3 Å². The third-order valence-corrected chi connectivity index (χ3v) is 5.78. The van der Waals surface area contributed by atoms with Crippen molar-refractivity contribution >= 4 is 27.5 Å². The van der Waals surface area contributed by atoms with Crippen molar-refractivity contribution in [3.05, 3.63) is 66.2 Å². The average Bonchev–Trinajstić information content (AvgIpc) is 2.74. The van der Waals surface area contributed by atoms with Gasteiger partial charge in [0.25, 0.3) is 0 Å². The molecule has 0 heterocycles. The predicted octanol–water partition coefficient (Wildman–Crippen LogP) is 2.40. The number of sulfonamides is 1. The summed E-state index contributed by atoms with van der Waals surface area (Å²) >= 11 is 0. The fraction of sp³-hybridized carbons (Fsp3) is 0.364. The minimum Gasteiger partial charge on any atom is -0.354 e. The van der Waals surface area contributed by atoms with E-state index < -0.39 is 22.0 Å². The van der Waals surface area contributed by atoms with E-state index in [-0.39, 0.29) is 19.0 Å². The Balaban J connectivity index is 2.31. The molecule has 2 rings (SSSR count). The molecule has 0 saturated heterocycles. The van der Waals surface area contributed by atoms with Gasteiger partial charge in [0, 0.05) is 13.1 Å². The van der Waals surface area contributed by atoms with Gasteiger partial charge >= 0.3 is 0 Å². The zero-order valence-electron chi connectivity index (χ0n) is 17.6. The molecular weight excluding hydrogens is 402 g/mol. The molecule has 0 fully saturated rings. The zero-order chi connectivity index (χ0) is 22.1. The van der Waals surface area contributed by atoms with E-state index >= 15 is 0 Å². The quantitative estimate of drug-likeness (QED) is 0.626. The molecule has 0 aliphatic rings. The molecule has 2 aromatic carbocycles. The highest BCUT2D eigenvalue weighted by molar-refractivity contribution is 7.92. The molecule has 0 aliphatic heterocycles. The third-order valence-electron chi connectivity index (χ3n) is 4.64. The molecule has 2 aromatic rings. The van der Waals surface area contributed by atoms with Crippen LogP contribution >= 0.6 is 0 Å². The van der Waals surface area contributed by atoms with Crippen molar-refractivity contribution in [3.63, 3.8) is 0 Å². The number of hydrogen-bond donors (Lipinski definition) is 1. The molecule has 0 aromatic heterocycles. The highest BCUT2D eigenvalue weighted by Crippen LogP contribution is 2.18. The Morgan fingerprint density at radius 3 is 2.10 bits per heavy atom. The first-order chi connectivity index (χ1) is 14.2. The van der Waals surface area contributed by atoms with Gasteiger partial charge in [0.1, 0.15) is 12.6 Å². The monoisotopic (exact) mass is 431 g/mol. The van der Waals surface area contributed by atoms with E-state index in [2.05, 4.69) is 5.32 Å². The zero-order valence-corrected chi connectivity index (χ0v) is 18.4. The molecule has 0 saturated carbocycles. The minimum atomic E-state index is -3.69. The Kier molecular flexibility index (Phi) is 8.41. The molecule has 1 atom stereocenters. The summed E-state index contributed by atoms with van der Waals surface area (Å²) in [5.41, 5.74) is 1.25. The van der Waals surface area contributed by atoms with Crippen molar-refractivity contribution in [2.45, 2.75) is 32.9 Å². The van der Waals surface area contributed by atoms with Crippen LogP contribution in [0.5, 0.6) is 0 Å². The second-order valence-electron chi connectivity index (χ2n) is 7.08. The Labute approximate surface area is 178 Å². The van der Waals surface area contributed by atoms with Crippen molar-refractivity contribution in [3.8, 4) is 0 Å². The van der Waals surface area contributed by atoms with E-state index in [9.17, 15) is 18.0 Å². The van der Waals surface area contributed by atoms with E-state index in [0.717, 1.165) is 22.5 Å². The molecule has 0 bridgehead atoms. The Morgan fingerprint density at radius 2 is 1.57 bits per heavy atom. The number of rotatable bonds is 10. The van der Waals surface area contributed by atoms with Crippen LogP contribution < -0.4 is 9.62 Å². The lowest BCUT2D eigenvalue weighted by Crippen LogP contribution is -2.51. The third kappa shape index (κ3) is 6.59. The van der Waals surface area contributed by atoms with Gasteiger partial charge in [0.2, 0.25) is 21.8 Å².